The van der Waals surface area contributed by atoms with Crippen LogP contribution < -0.4 is 5.32 Å². The van der Waals surface area contributed by atoms with E-state index >= 15 is 0 Å². The van der Waals surface area contributed by atoms with E-state index in [4.69, 9.17) is 0 Å². The van der Waals surface area contributed by atoms with Crippen molar-refractivity contribution in [2.75, 3.05) is 0 Å². The number of carbonyl (C=O) groups excluding carboxylic acids is 1. The van der Waals surface area contributed by atoms with Gasteiger partial charge in [-0.2, -0.15) is 5.26 Å². The van der Waals surface area contributed by atoms with Gasteiger partial charge < -0.3 is 5.32 Å². The van der Waals surface area contributed by atoms with Crippen molar-refractivity contribution in [1.29, 1.82) is 5.26 Å². The molecule has 0 atom stereocenters. The number of carbonyl (C=O) groups is 1. The van der Waals surface area contributed by atoms with Crippen LogP contribution in [0.1, 0.15) is 36.0 Å². The largest absolute Gasteiger partial charge is 0.334 e. The van der Waals surface area contributed by atoms with Crippen molar-refractivity contribution in [3.63, 3.8) is 0 Å². The van der Waals surface area contributed by atoms with E-state index in [-0.39, 0.29) is 5.91 Å². The lowest BCUT2D eigenvalue weighted by atomic mass is 9.99. The van der Waals surface area contributed by atoms with Gasteiger partial charge in [0.15, 0.2) is 0 Å². The molecule has 1 heterocycles. The fourth-order valence-electron chi connectivity index (χ4n) is 3.47. The van der Waals surface area contributed by atoms with E-state index < -0.39 is 5.54 Å². The predicted molar refractivity (Wildman–Crippen MR) is 95.3 cm³/mol. The van der Waals surface area contributed by atoms with Crippen LogP contribution in [0.15, 0.2) is 54.9 Å². The zero-order valence-electron chi connectivity index (χ0n) is 13.8. The van der Waals surface area contributed by atoms with E-state index in [2.05, 4.69) is 16.4 Å². The lowest BCUT2D eigenvalue weighted by molar-refractivity contribution is 0.0920. The Morgan fingerprint density at radius 3 is 2.56 bits per heavy atom. The molecular weight excluding hydrogens is 312 g/mol. The summed E-state index contributed by atoms with van der Waals surface area (Å²) in [4.78, 5) is 16.9. The maximum Gasteiger partial charge on any atom is 0.252 e. The molecule has 2 aromatic carbocycles. The molecule has 1 fully saturated rings. The molecule has 25 heavy (non-hydrogen) atoms. The summed E-state index contributed by atoms with van der Waals surface area (Å²) in [5, 5.41) is 12.3. The first kappa shape index (κ1) is 15.4. The minimum Gasteiger partial charge on any atom is -0.334 e. The Morgan fingerprint density at radius 2 is 1.84 bits per heavy atom. The summed E-state index contributed by atoms with van der Waals surface area (Å²) in [7, 11) is 0. The van der Waals surface area contributed by atoms with Crippen LogP contribution in [-0.2, 0) is 0 Å². The first-order valence-corrected chi connectivity index (χ1v) is 8.47. The fourth-order valence-corrected chi connectivity index (χ4v) is 3.47. The smallest absolute Gasteiger partial charge is 0.252 e. The third-order valence-corrected chi connectivity index (χ3v) is 4.89. The van der Waals surface area contributed by atoms with Crippen molar-refractivity contribution >= 4 is 16.9 Å². The molecule has 5 nitrogen and oxygen atoms in total. The second kappa shape index (κ2) is 6.06. The number of benzene rings is 2. The highest BCUT2D eigenvalue weighted by Gasteiger charge is 2.35. The number of imidazole rings is 1. The topological polar surface area (TPSA) is 70.7 Å². The summed E-state index contributed by atoms with van der Waals surface area (Å²) < 4.78 is 1.99. The molecule has 1 saturated carbocycles. The van der Waals surface area contributed by atoms with Crippen LogP contribution in [0.5, 0.6) is 0 Å². The highest BCUT2D eigenvalue weighted by Crippen LogP contribution is 2.29. The number of fused-ring (bicyclic) bond motifs is 1. The van der Waals surface area contributed by atoms with E-state index in [1.165, 1.54) is 0 Å². The SMILES string of the molecule is N#CC1(NC(=O)c2ccc(-n3cnc4ccccc43)cc2)CCCC1. The average molecular weight is 330 g/mol. The van der Waals surface area contributed by atoms with Crippen LogP contribution in [-0.4, -0.2) is 21.0 Å². The third kappa shape index (κ3) is 2.76. The second-order valence-corrected chi connectivity index (χ2v) is 6.51. The van der Waals surface area contributed by atoms with Crippen LogP contribution in [0.25, 0.3) is 16.7 Å². The maximum absolute atomic E-state index is 12.5. The number of aromatic nitrogens is 2. The van der Waals surface area contributed by atoms with Gasteiger partial charge in [-0.25, -0.2) is 4.98 Å². The summed E-state index contributed by atoms with van der Waals surface area (Å²) in [6, 6.07) is 17.6. The number of nitrogens with one attached hydrogen (secondary N) is 1. The minimum absolute atomic E-state index is 0.189. The van der Waals surface area contributed by atoms with Crippen molar-refractivity contribution in [1.82, 2.24) is 14.9 Å². The fraction of sp³-hybridized carbons (Fsp3) is 0.250. The Kier molecular flexibility index (Phi) is 3.73. The van der Waals surface area contributed by atoms with Crippen LogP contribution >= 0.6 is 0 Å². The van der Waals surface area contributed by atoms with Crippen molar-refractivity contribution in [2.24, 2.45) is 0 Å². The maximum atomic E-state index is 12.5. The van der Waals surface area contributed by atoms with Gasteiger partial charge >= 0.3 is 0 Å². The molecule has 0 spiro atoms. The van der Waals surface area contributed by atoms with Gasteiger partial charge in [-0.1, -0.05) is 12.1 Å². The number of para-hydroxylation sites is 2. The Labute approximate surface area is 145 Å². The molecule has 1 aromatic heterocycles. The average Bonchev–Trinajstić information content (AvgIpc) is 3.29. The normalized spacial score (nSPS) is 15.8. The zero-order chi connectivity index (χ0) is 17.3. The number of rotatable bonds is 3. The van der Waals surface area contributed by atoms with Crippen LogP contribution in [0.3, 0.4) is 0 Å². The Bertz CT molecular complexity index is 959. The molecule has 1 amide bonds. The van der Waals surface area contributed by atoms with Gasteiger partial charge in [0.25, 0.3) is 5.91 Å². The van der Waals surface area contributed by atoms with Crippen molar-refractivity contribution in [3.8, 4) is 11.8 Å². The van der Waals surface area contributed by atoms with E-state index in [1.807, 2.05) is 41.0 Å². The molecule has 0 radical (unpaired) electrons. The van der Waals surface area contributed by atoms with Gasteiger partial charge in [-0.15, -0.1) is 0 Å². The predicted octanol–water partition coefficient (Wildman–Crippen LogP) is 3.59. The zero-order valence-corrected chi connectivity index (χ0v) is 13.8. The third-order valence-electron chi connectivity index (χ3n) is 4.89. The summed E-state index contributed by atoms with van der Waals surface area (Å²) >= 11 is 0. The van der Waals surface area contributed by atoms with Crippen LogP contribution in [0, 0.1) is 11.3 Å². The molecule has 1 N–H and O–H groups in total. The lowest BCUT2D eigenvalue weighted by Crippen LogP contribution is -2.45. The van der Waals surface area contributed by atoms with E-state index in [0.717, 1.165) is 42.4 Å². The van der Waals surface area contributed by atoms with Crippen LogP contribution in [0.2, 0.25) is 0 Å². The molecule has 1 aliphatic rings. The molecule has 4 rings (SSSR count). The molecule has 0 saturated heterocycles. The second-order valence-electron chi connectivity index (χ2n) is 6.51. The van der Waals surface area contributed by atoms with Gasteiger partial charge in [-0.3, -0.25) is 9.36 Å². The van der Waals surface area contributed by atoms with E-state index in [9.17, 15) is 10.1 Å². The van der Waals surface area contributed by atoms with Gasteiger partial charge in [0.2, 0.25) is 0 Å². The number of nitrogens with zero attached hydrogens (tertiary/aromatic N) is 3. The Hall–Kier alpha value is -3.13. The van der Waals surface area contributed by atoms with Gasteiger partial charge in [0.1, 0.15) is 11.9 Å². The van der Waals surface area contributed by atoms with Gasteiger partial charge in [0.05, 0.1) is 17.1 Å². The van der Waals surface area contributed by atoms with Crippen LogP contribution in [0.4, 0.5) is 0 Å². The van der Waals surface area contributed by atoms with E-state index in [0.29, 0.717) is 5.56 Å². The summed E-state index contributed by atoms with van der Waals surface area (Å²) in [5.74, 6) is -0.189. The Balaban J connectivity index is 1.58. The molecule has 124 valence electrons. The summed E-state index contributed by atoms with van der Waals surface area (Å²) in [6.07, 6.45) is 5.21. The highest BCUT2D eigenvalue weighted by molar-refractivity contribution is 5.95. The first-order valence-electron chi connectivity index (χ1n) is 8.47. The monoisotopic (exact) mass is 330 g/mol. The highest BCUT2D eigenvalue weighted by atomic mass is 16.1. The van der Waals surface area contributed by atoms with Gasteiger partial charge in [-0.05, 0) is 62.1 Å². The quantitative estimate of drug-likeness (QED) is 0.798. The number of hydrogen-bond acceptors (Lipinski definition) is 3. The standard InChI is InChI=1S/C20H18N4O/c21-13-20(11-3-4-12-20)23-19(25)15-7-9-16(10-8-15)24-14-22-17-5-1-2-6-18(17)24/h1-2,5-10,14H,3-4,11-12H2,(H,23,25). The summed E-state index contributed by atoms with van der Waals surface area (Å²) in [6.45, 7) is 0. The Morgan fingerprint density at radius 1 is 1.12 bits per heavy atom. The molecular formula is C20H18N4O. The molecule has 1 aliphatic carbocycles. The minimum atomic E-state index is -0.698. The molecule has 0 bridgehead atoms. The van der Waals surface area contributed by atoms with Crippen molar-refractivity contribution < 1.29 is 4.79 Å². The molecule has 3 aromatic rings. The van der Waals surface area contributed by atoms with E-state index in [1.54, 1.807) is 18.5 Å². The molecule has 0 unspecified atom stereocenters. The number of amides is 1. The van der Waals surface area contributed by atoms with Gasteiger partial charge in [0, 0.05) is 11.3 Å². The lowest BCUT2D eigenvalue weighted by Gasteiger charge is -2.22. The number of hydrogen-bond donors (Lipinski definition) is 1. The molecule has 5 heteroatoms. The van der Waals surface area contributed by atoms with Crippen molar-refractivity contribution in [3.05, 3.63) is 60.4 Å². The molecule has 0 aliphatic heterocycles. The summed E-state index contributed by atoms with van der Waals surface area (Å²) in [5.41, 5.74) is 2.77. The van der Waals surface area contributed by atoms with Crippen molar-refractivity contribution in [2.45, 2.75) is 31.2 Å². The number of nitriles is 1. The first-order chi connectivity index (χ1) is 12.2.